The summed E-state index contributed by atoms with van der Waals surface area (Å²) in [5, 5.41) is 24.7. The highest BCUT2D eigenvalue weighted by Crippen LogP contribution is 2.40. The standard InChI is InChI=1S/C29H32ClN7O3SSi.C24H21N7O3S/c1-42(2,3)9-8-40-16-37-15-19(28(38)35-24(18-4-5-18)29(39)36-13-17(11-31)14-36)25-27(37)33-12-22(34-25)23-10-21-26(41-23)20(30)6-7-32-21;1-34-17-4-5-26-15-6-18(35-21(15)17)16-9-28-22-20(29-16)14(8-27-22)23(32)30-19(13-2-3-13)24(33)31-10-12(7-25)11-31/h6-7,10,12,15,17-18,24H,4-5,8-9,13-14,16H2,1-3H3,(H,35,38);4-6,8-9,12-13,19H,2-3,10-11H2,1H3,(H,27,28)(H,30,32)/t24-;19-/m11/s1. The van der Waals surface area contributed by atoms with E-state index < -0.39 is 20.2 Å². The maximum atomic E-state index is 13.8. The van der Waals surface area contributed by atoms with E-state index in [2.05, 4.69) is 62.3 Å². The van der Waals surface area contributed by atoms with Crippen LogP contribution in [0.5, 0.6) is 5.75 Å². The second kappa shape index (κ2) is 21.2. The minimum Gasteiger partial charge on any atom is -0.495 e. The van der Waals surface area contributed by atoms with Crippen LogP contribution in [0.2, 0.25) is 30.7 Å². The molecular weight excluding hydrogens is 1060 g/mol. The van der Waals surface area contributed by atoms with Gasteiger partial charge in [0.25, 0.3) is 11.8 Å². The molecule has 0 bridgehead atoms. The Kier molecular flexibility index (Phi) is 14.2. The molecule has 2 aliphatic carbocycles. The number of methoxy groups -OCH3 is 1. The van der Waals surface area contributed by atoms with E-state index in [1.54, 1.807) is 64.7 Å². The van der Waals surface area contributed by atoms with Gasteiger partial charge in [-0.25, -0.2) is 19.9 Å². The fourth-order valence-electron chi connectivity index (χ4n) is 9.33. The molecule has 20 nitrogen and oxygen atoms in total. The number of amides is 4. The lowest BCUT2D eigenvalue weighted by Crippen LogP contribution is -2.57. The van der Waals surface area contributed by atoms with E-state index in [4.69, 9.17) is 46.6 Å². The summed E-state index contributed by atoms with van der Waals surface area (Å²) in [6, 6.07) is 11.6. The Bertz CT molecular complexity index is 3710. The van der Waals surface area contributed by atoms with Gasteiger partial charge in [-0.05, 0) is 67.8 Å². The van der Waals surface area contributed by atoms with Crippen LogP contribution in [0, 0.1) is 46.3 Å². The normalized spacial score (nSPS) is 16.5. The van der Waals surface area contributed by atoms with Gasteiger partial charge in [-0.15, -0.1) is 22.7 Å². The van der Waals surface area contributed by atoms with Gasteiger partial charge in [0.1, 0.15) is 35.6 Å². The number of halogens is 1. The van der Waals surface area contributed by atoms with Crippen LogP contribution in [-0.4, -0.2) is 133 Å². The minimum atomic E-state index is -1.27. The molecule has 2 atom stereocenters. The first-order valence-electron chi connectivity index (χ1n) is 25.4. The molecule has 394 valence electrons. The lowest BCUT2D eigenvalue weighted by Gasteiger charge is -2.37. The summed E-state index contributed by atoms with van der Waals surface area (Å²) < 4.78 is 15.0. The quantitative estimate of drug-likeness (QED) is 0.0614. The molecule has 0 aromatic carbocycles. The Morgan fingerprint density at radius 1 is 0.792 bits per heavy atom. The number of likely N-dealkylation sites (tertiary alicyclic amines) is 2. The zero-order chi connectivity index (χ0) is 53.7. The Labute approximate surface area is 455 Å². The summed E-state index contributed by atoms with van der Waals surface area (Å²) in [6.07, 6.45) is 13.5. The summed E-state index contributed by atoms with van der Waals surface area (Å²) in [4.78, 5) is 88.8. The molecular formula is C53H53ClN14O6S2Si. The van der Waals surface area contributed by atoms with Crippen molar-refractivity contribution in [2.75, 3.05) is 39.9 Å². The lowest BCUT2D eigenvalue weighted by atomic mass is 9.99. The van der Waals surface area contributed by atoms with E-state index in [0.717, 1.165) is 67.7 Å². The first-order valence-corrected chi connectivity index (χ1v) is 31.1. The third-order valence-electron chi connectivity index (χ3n) is 14.2. The van der Waals surface area contributed by atoms with Gasteiger partial charge in [0.05, 0.1) is 101 Å². The van der Waals surface area contributed by atoms with Gasteiger partial charge < -0.3 is 39.5 Å². The minimum absolute atomic E-state index is 0.0956. The van der Waals surface area contributed by atoms with Crippen LogP contribution in [0.4, 0.5) is 0 Å². The maximum absolute atomic E-state index is 13.8. The van der Waals surface area contributed by atoms with Crippen LogP contribution in [-0.2, 0) is 21.1 Å². The molecule has 2 saturated carbocycles. The van der Waals surface area contributed by atoms with Crippen molar-refractivity contribution in [3.63, 3.8) is 0 Å². The predicted molar refractivity (Wildman–Crippen MR) is 294 cm³/mol. The molecule has 12 rings (SSSR count). The molecule has 2 saturated heterocycles. The number of aromatic amines is 1. The first kappa shape index (κ1) is 51.7. The largest absolute Gasteiger partial charge is 0.495 e. The second-order valence-corrected chi connectivity index (χ2v) is 29.2. The van der Waals surface area contributed by atoms with Crippen LogP contribution in [0.3, 0.4) is 0 Å². The van der Waals surface area contributed by atoms with Crippen LogP contribution in [0.1, 0.15) is 46.4 Å². The fourth-order valence-corrected chi connectivity index (χ4v) is 12.4. The van der Waals surface area contributed by atoms with Gasteiger partial charge in [0, 0.05) is 65.6 Å². The molecule has 24 heteroatoms. The highest BCUT2D eigenvalue weighted by molar-refractivity contribution is 7.23. The number of nitriles is 2. The molecule has 3 N–H and O–H groups in total. The zero-order valence-corrected chi connectivity index (χ0v) is 46.0. The van der Waals surface area contributed by atoms with Crippen LogP contribution in [0.25, 0.3) is 63.9 Å². The Hall–Kier alpha value is -7.41. The van der Waals surface area contributed by atoms with E-state index in [-0.39, 0.29) is 54.0 Å². The number of ether oxygens (including phenoxy) is 2. The number of H-pyrrole nitrogens is 1. The SMILES string of the molecule is COc1ccnc2cc(-c3cnc4[nH]cc(C(=O)N[C@@H](C(=O)N5CC(C#N)C5)C5CC5)c4n3)sc12.C[Si](C)(C)CCOCn1cc(C(=O)N[C@@H](C(=O)N2CC(C#N)C2)C2CC2)c2nc(-c3cc4nccc(Cl)c4s3)cnc21. The van der Waals surface area contributed by atoms with E-state index in [1.165, 1.54) is 22.7 Å². The van der Waals surface area contributed by atoms with Crippen LogP contribution in [0.15, 0.2) is 61.4 Å². The van der Waals surface area contributed by atoms with Gasteiger partial charge in [-0.3, -0.25) is 29.1 Å². The van der Waals surface area contributed by atoms with Crippen molar-refractivity contribution in [1.29, 1.82) is 10.5 Å². The van der Waals surface area contributed by atoms with Crippen LogP contribution < -0.4 is 15.4 Å². The summed E-state index contributed by atoms with van der Waals surface area (Å²) >= 11 is 9.35. The van der Waals surface area contributed by atoms with Crippen molar-refractivity contribution in [2.24, 2.45) is 23.7 Å². The summed E-state index contributed by atoms with van der Waals surface area (Å²) in [5.41, 5.74) is 5.36. The molecule has 10 heterocycles. The number of hydrogen-bond donors (Lipinski definition) is 3. The topological polar surface area (TPSA) is 263 Å². The average Bonchev–Trinajstić information content (AvgIpc) is 4.26. The highest BCUT2D eigenvalue weighted by atomic mass is 35.5. The number of aromatic nitrogens is 8. The first-order chi connectivity index (χ1) is 37.2. The number of pyridine rings is 2. The number of carbonyl (C=O) groups excluding carboxylic acids is 4. The third kappa shape index (κ3) is 10.8. The van der Waals surface area contributed by atoms with Gasteiger partial charge in [-0.2, -0.15) is 10.5 Å². The molecule has 77 heavy (non-hydrogen) atoms. The Morgan fingerprint density at radius 2 is 1.35 bits per heavy atom. The van der Waals surface area contributed by atoms with E-state index in [9.17, 15) is 19.2 Å². The van der Waals surface area contributed by atoms with E-state index in [1.807, 2.05) is 18.2 Å². The van der Waals surface area contributed by atoms with E-state index in [0.29, 0.717) is 82.7 Å². The molecule has 0 radical (unpaired) electrons. The predicted octanol–water partition coefficient (Wildman–Crippen LogP) is 7.90. The average molecular weight is 1110 g/mol. The van der Waals surface area contributed by atoms with Crippen molar-refractivity contribution in [3.05, 3.63) is 77.6 Å². The van der Waals surface area contributed by atoms with E-state index >= 15 is 0 Å². The smallest absolute Gasteiger partial charge is 0.255 e. The zero-order valence-electron chi connectivity index (χ0n) is 42.6. The van der Waals surface area contributed by atoms with Gasteiger partial charge in [-0.1, -0.05) is 31.2 Å². The van der Waals surface area contributed by atoms with Crippen LogP contribution >= 0.6 is 34.3 Å². The van der Waals surface area contributed by atoms with Crippen molar-refractivity contribution in [2.45, 2.75) is 70.2 Å². The summed E-state index contributed by atoms with van der Waals surface area (Å²) in [5.74, 6) is -0.305. The molecule has 8 aromatic rings. The fraction of sp³-hybridized carbons (Fsp3) is 0.396. The third-order valence-corrected chi connectivity index (χ3v) is 18.6. The number of fused-ring (bicyclic) bond motifs is 4. The maximum Gasteiger partial charge on any atom is 0.255 e. The number of nitrogens with one attached hydrogen (secondary N) is 3. The summed E-state index contributed by atoms with van der Waals surface area (Å²) in [6.45, 7) is 9.41. The molecule has 0 unspecified atom stereocenters. The number of nitrogens with zero attached hydrogens (tertiary/aromatic N) is 11. The van der Waals surface area contributed by atoms with Crippen molar-refractivity contribution < 1.29 is 28.7 Å². The summed E-state index contributed by atoms with van der Waals surface area (Å²) in [7, 11) is 0.352. The number of hydrogen-bond acceptors (Lipinski definition) is 16. The second-order valence-electron chi connectivity index (χ2n) is 21.1. The van der Waals surface area contributed by atoms with Gasteiger partial charge in [0.15, 0.2) is 11.3 Å². The Balaban J connectivity index is 0.000000166. The molecule has 4 aliphatic rings. The molecule has 2 aliphatic heterocycles. The monoisotopic (exact) mass is 1110 g/mol. The van der Waals surface area contributed by atoms with Crippen molar-refractivity contribution in [3.8, 4) is 39.0 Å². The lowest BCUT2D eigenvalue weighted by molar-refractivity contribution is -0.139. The Morgan fingerprint density at radius 3 is 1.92 bits per heavy atom. The number of carbonyl (C=O) groups is 4. The van der Waals surface area contributed by atoms with Gasteiger partial charge in [0.2, 0.25) is 11.8 Å². The van der Waals surface area contributed by atoms with Gasteiger partial charge >= 0.3 is 0 Å². The highest BCUT2D eigenvalue weighted by Gasteiger charge is 2.44. The molecule has 4 fully saturated rings. The number of rotatable bonds is 16. The molecule has 8 aromatic heterocycles. The number of thiophene rings is 2. The molecule has 4 amide bonds. The molecule has 0 spiro atoms. The van der Waals surface area contributed by atoms with Crippen molar-refractivity contribution >= 4 is 109 Å². The van der Waals surface area contributed by atoms with Crippen molar-refractivity contribution in [1.82, 2.24) is 59.9 Å².